The quantitative estimate of drug-likeness (QED) is 0.426. The van der Waals surface area contributed by atoms with Crippen LogP contribution in [0.4, 0.5) is 0 Å². The minimum absolute atomic E-state index is 0.544. The molecule has 3 rings (SSSR count). The van der Waals surface area contributed by atoms with Gasteiger partial charge in [-0.15, -0.1) is 11.3 Å². The maximum Gasteiger partial charge on any atom is 0.191 e. The molecule has 0 saturated heterocycles. The van der Waals surface area contributed by atoms with Crippen LogP contribution in [-0.2, 0) is 19.5 Å². The van der Waals surface area contributed by atoms with Gasteiger partial charge >= 0.3 is 0 Å². The Balaban J connectivity index is 1.56. The van der Waals surface area contributed by atoms with Gasteiger partial charge in [-0.1, -0.05) is 43.3 Å². The van der Waals surface area contributed by atoms with Crippen LogP contribution in [0.15, 0.2) is 65.2 Å². The van der Waals surface area contributed by atoms with E-state index in [1.807, 2.05) is 29.8 Å². The predicted octanol–water partition coefficient (Wildman–Crippen LogP) is 3.93. The van der Waals surface area contributed by atoms with Gasteiger partial charge in [0.1, 0.15) is 12.4 Å². The molecule has 2 N–H and O–H groups in total. The molecule has 3 aromatic rings. The molecule has 0 aliphatic rings. The lowest BCUT2D eigenvalue weighted by Crippen LogP contribution is -2.39. The van der Waals surface area contributed by atoms with Crippen molar-refractivity contribution in [2.24, 2.45) is 10.9 Å². The molecule has 0 radical (unpaired) electrons. The summed E-state index contributed by atoms with van der Waals surface area (Å²) in [6.07, 6.45) is 4.95. The number of nitrogens with one attached hydrogen (secondary N) is 2. The molecule has 0 aliphatic carbocycles. The number of hydrogen-bond acceptors (Lipinski definition) is 3. The molecular formula is C22H29N5S. The molecule has 1 unspecified atom stereocenters. The Bertz CT molecular complexity index is 839. The molecule has 0 bridgehead atoms. The molecule has 2 aromatic heterocycles. The standard InChI is InChI=1S/C22H29N5S/c1-3-23-22(25-15-18(2)14-20-10-7-13-28-20)26-16-21-24-11-12-27(21)17-19-8-5-4-6-9-19/h4-13,18H,3,14-17H2,1-2H3,(H2,23,25,26). The van der Waals surface area contributed by atoms with Gasteiger partial charge in [0.15, 0.2) is 5.96 Å². The van der Waals surface area contributed by atoms with Crippen molar-refractivity contribution in [3.05, 3.63) is 76.5 Å². The maximum absolute atomic E-state index is 4.74. The maximum atomic E-state index is 4.74. The van der Waals surface area contributed by atoms with Crippen molar-refractivity contribution < 1.29 is 0 Å². The molecule has 1 aromatic carbocycles. The second kappa shape index (κ2) is 10.7. The molecule has 0 saturated carbocycles. The third kappa shape index (κ3) is 6.23. The summed E-state index contributed by atoms with van der Waals surface area (Å²) in [7, 11) is 0. The summed E-state index contributed by atoms with van der Waals surface area (Å²) in [5.74, 6) is 2.35. The lowest BCUT2D eigenvalue weighted by Gasteiger charge is -2.15. The van der Waals surface area contributed by atoms with Crippen LogP contribution in [0, 0.1) is 5.92 Å². The Morgan fingerprint density at radius 1 is 1.18 bits per heavy atom. The van der Waals surface area contributed by atoms with E-state index in [0.717, 1.165) is 37.8 Å². The fraction of sp³-hybridized carbons (Fsp3) is 0.364. The topological polar surface area (TPSA) is 54.2 Å². The first-order valence-corrected chi connectivity index (χ1v) is 10.7. The van der Waals surface area contributed by atoms with Crippen molar-refractivity contribution in [3.63, 3.8) is 0 Å². The summed E-state index contributed by atoms with van der Waals surface area (Å²) in [6.45, 7) is 7.44. The van der Waals surface area contributed by atoms with Crippen LogP contribution in [0.1, 0.15) is 30.1 Å². The van der Waals surface area contributed by atoms with Crippen molar-refractivity contribution in [1.82, 2.24) is 20.2 Å². The second-order valence-electron chi connectivity index (χ2n) is 6.92. The third-order valence-corrected chi connectivity index (χ3v) is 5.37. The highest BCUT2D eigenvalue weighted by Gasteiger charge is 2.07. The predicted molar refractivity (Wildman–Crippen MR) is 118 cm³/mol. The van der Waals surface area contributed by atoms with Gasteiger partial charge in [-0.3, -0.25) is 0 Å². The average Bonchev–Trinajstić information content (AvgIpc) is 3.37. The van der Waals surface area contributed by atoms with Gasteiger partial charge in [0.2, 0.25) is 0 Å². The molecule has 6 heteroatoms. The summed E-state index contributed by atoms with van der Waals surface area (Å²) < 4.78 is 2.15. The van der Waals surface area contributed by atoms with Crippen LogP contribution in [0.25, 0.3) is 0 Å². The monoisotopic (exact) mass is 395 g/mol. The van der Waals surface area contributed by atoms with E-state index in [-0.39, 0.29) is 0 Å². The number of rotatable bonds is 9. The van der Waals surface area contributed by atoms with E-state index in [1.54, 1.807) is 0 Å². The molecule has 0 aliphatic heterocycles. The first-order valence-electron chi connectivity index (χ1n) is 9.83. The number of guanidine groups is 1. The zero-order chi connectivity index (χ0) is 19.6. The molecule has 5 nitrogen and oxygen atoms in total. The summed E-state index contributed by atoms with van der Waals surface area (Å²) in [5, 5.41) is 8.94. The van der Waals surface area contributed by atoms with Gasteiger partial charge < -0.3 is 15.2 Å². The number of thiophene rings is 1. The highest BCUT2D eigenvalue weighted by molar-refractivity contribution is 7.09. The van der Waals surface area contributed by atoms with Gasteiger partial charge in [0, 0.05) is 36.9 Å². The van der Waals surface area contributed by atoms with Gasteiger partial charge in [0.25, 0.3) is 0 Å². The van der Waals surface area contributed by atoms with Crippen molar-refractivity contribution in [1.29, 1.82) is 0 Å². The third-order valence-electron chi connectivity index (χ3n) is 4.47. The Morgan fingerprint density at radius 2 is 2.04 bits per heavy atom. The molecule has 2 heterocycles. The number of benzene rings is 1. The number of aromatic nitrogens is 2. The molecule has 0 spiro atoms. The van der Waals surface area contributed by atoms with Gasteiger partial charge in [-0.25, -0.2) is 9.98 Å². The highest BCUT2D eigenvalue weighted by Crippen LogP contribution is 2.13. The van der Waals surface area contributed by atoms with Crippen molar-refractivity contribution in [2.75, 3.05) is 13.1 Å². The smallest absolute Gasteiger partial charge is 0.191 e. The molecular weight excluding hydrogens is 366 g/mol. The lowest BCUT2D eigenvalue weighted by atomic mass is 10.1. The fourth-order valence-corrected chi connectivity index (χ4v) is 3.89. The Morgan fingerprint density at radius 3 is 2.79 bits per heavy atom. The van der Waals surface area contributed by atoms with Crippen LogP contribution in [-0.4, -0.2) is 28.6 Å². The van der Waals surface area contributed by atoms with Crippen molar-refractivity contribution >= 4 is 17.3 Å². The van der Waals surface area contributed by atoms with Crippen LogP contribution in [0.2, 0.25) is 0 Å². The van der Waals surface area contributed by atoms with Crippen LogP contribution < -0.4 is 10.6 Å². The second-order valence-corrected chi connectivity index (χ2v) is 7.95. The van der Waals surface area contributed by atoms with Crippen LogP contribution in [0.3, 0.4) is 0 Å². The molecule has 1 atom stereocenters. The number of aliphatic imine (C=N–C) groups is 1. The van der Waals surface area contributed by atoms with Gasteiger partial charge in [-0.2, -0.15) is 0 Å². The van der Waals surface area contributed by atoms with Crippen LogP contribution in [0.5, 0.6) is 0 Å². The fourth-order valence-electron chi connectivity index (χ4n) is 3.02. The number of nitrogens with zero attached hydrogens (tertiary/aromatic N) is 3. The van der Waals surface area contributed by atoms with E-state index in [4.69, 9.17) is 4.99 Å². The first-order chi connectivity index (χ1) is 13.7. The van der Waals surface area contributed by atoms with E-state index in [0.29, 0.717) is 12.5 Å². The average molecular weight is 396 g/mol. The zero-order valence-electron chi connectivity index (χ0n) is 16.6. The molecule has 0 amide bonds. The van der Waals surface area contributed by atoms with E-state index < -0.39 is 0 Å². The summed E-state index contributed by atoms with van der Waals surface area (Å²) >= 11 is 1.82. The number of hydrogen-bond donors (Lipinski definition) is 2. The SMILES string of the molecule is CCNC(=NCc1nccn1Cc1ccccc1)NCC(C)Cc1cccs1. The van der Waals surface area contributed by atoms with E-state index in [1.165, 1.54) is 10.4 Å². The van der Waals surface area contributed by atoms with Crippen LogP contribution >= 0.6 is 11.3 Å². The van der Waals surface area contributed by atoms with E-state index in [2.05, 4.69) is 75.8 Å². The minimum atomic E-state index is 0.544. The molecule has 148 valence electrons. The molecule has 0 fully saturated rings. The Hall–Kier alpha value is -2.60. The summed E-state index contributed by atoms with van der Waals surface area (Å²) in [4.78, 5) is 10.7. The van der Waals surface area contributed by atoms with Crippen molar-refractivity contribution in [2.45, 2.75) is 33.4 Å². The summed E-state index contributed by atoms with van der Waals surface area (Å²) in [5.41, 5.74) is 1.26. The number of imidazole rings is 1. The lowest BCUT2D eigenvalue weighted by molar-refractivity contribution is 0.561. The Kier molecular flexibility index (Phi) is 7.67. The Labute approximate surface area is 171 Å². The largest absolute Gasteiger partial charge is 0.357 e. The van der Waals surface area contributed by atoms with Gasteiger partial charge in [-0.05, 0) is 36.3 Å². The van der Waals surface area contributed by atoms with E-state index in [9.17, 15) is 0 Å². The van der Waals surface area contributed by atoms with Crippen molar-refractivity contribution in [3.8, 4) is 0 Å². The molecule has 28 heavy (non-hydrogen) atoms. The summed E-state index contributed by atoms with van der Waals surface area (Å²) in [6, 6.07) is 14.7. The highest BCUT2D eigenvalue weighted by atomic mass is 32.1. The minimum Gasteiger partial charge on any atom is -0.357 e. The van der Waals surface area contributed by atoms with Gasteiger partial charge in [0.05, 0.1) is 0 Å². The zero-order valence-corrected chi connectivity index (χ0v) is 17.5. The van der Waals surface area contributed by atoms with E-state index >= 15 is 0 Å². The first kappa shape index (κ1) is 20.1. The normalized spacial score (nSPS) is 12.7.